The zero-order valence-corrected chi connectivity index (χ0v) is 13.3. The molecule has 0 saturated heterocycles. The quantitative estimate of drug-likeness (QED) is 0.822. The summed E-state index contributed by atoms with van der Waals surface area (Å²) >= 11 is 0. The molecule has 0 saturated carbocycles. The Morgan fingerprint density at radius 1 is 1.22 bits per heavy atom. The number of nitrogens with one attached hydrogen (secondary N) is 2. The molecule has 0 aliphatic heterocycles. The van der Waals surface area contributed by atoms with Gasteiger partial charge in [0.2, 0.25) is 0 Å². The van der Waals surface area contributed by atoms with Crippen LogP contribution in [0.2, 0.25) is 0 Å². The molecule has 1 rings (SSSR count). The van der Waals surface area contributed by atoms with E-state index >= 15 is 0 Å². The number of carbonyl (C=O) groups is 1. The second-order valence-electron chi connectivity index (χ2n) is 5.06. The number of ether oxygens (including phenoxy) is 1. The normalized spacial score (nSPS) is 12.1. The minimum atomic E-state index is -4.87. The number of carbonyl (C=O) groups excluding carboxylic acids is 1. The minimum absolute atomic E-state index is 0.303. The van der Waals surface area contributed by atoms with Gasteiger partial charge in [0.25, 0.3) is 10.0 Å². The lowest BCUT2D eigenvalue weighted by atomic mass is 10.1. The van der Waals surface area contributed by atoms with Crippen LogP contribution in [-0.2, 0) is 10.0 Å². The second kappa shape index (κ2) is 7.53. The van der Waals surface area contributed by atoms with Crippen LogP contribution in [0.5, 0.6) is 5.75 Å². The van der Waals surface area contributed by atoms with Gasteiger partial charge in [-0.2, -0.15) is 0 Å². The summed E-state index contributed by atoms with van der Waals surface area (Å²) in [4.78, 5) is 11.1. The summed E-state index contributed by atoms with van der Waals surface area (Å²) in [6.45, 7) is 4.19. The van der Waals surface area contributed by atoms with Crippen molar-refractivity contribution < 1.29 is 31.1 Å². The maximum Gasteiger partial charge on any atom is 0.573 e. The van der Waals surface area contributed by atoms with Crippen LogP contribution in [0.3, 0.4) is 0 Å². The number of hydrogen-bond acceptors (Lipinski definition) is 4. The summed E-state index contributed by atoms with van der Waals surface area (Å²) in [5.74, 6) is -0.217. The van der Waals surface area contributed by atoms with E-state index in [0.29, 0.717) is 18.9 Å². The first kappa shape index (κ1) is 19.1. The fourth-order valence-electron chi connectivity index (χ4n) is 1.51. The first-order chi connectivity index (χ1) is 10.5. The van der Waals surface area contributed by atoms with Gasteiger partial charge < -0.3 is 10.1 Å². The van der Waals surface area contributed by atoms with E-state index < -0.39 is 28.2 Å². The van der Waals surface area contributed by atoms with Crippen molar-refractivity contribution in [2.75, 3.05) is 6.54 Å². The number of rotatable bonds is 6. The topological polar surface area (TPSA) is 84.5 Å². The van der Waals surface area contributed by atoms with Crippen molar-refractivity contribution >= 4 is 16.1 Å². The molecule has 6 nitrogen and oxygen atoms in total. The van der Waals surface area contributed by atoms with Gasteiger partial charge in [-0.25, -0.2) is 17.9 Å². The Kier molecular flexibility index (Phi) is 6.25. The standard InChI is InChI=1S/C13H17F3N2O4S/c1-9(2)7-8-17-12(19)18-23(20,21)11-5-3-10(4-6-11)22-13(14,15)16/h3-6,9H,7-8H2,1-2H3,(H2,17,18,19). The van der Waals surface area contributed by atoms with Crippen molar-refractivity contribution in [2.24, 2.45) is 5.92 Å². The Labute approximate surface area is 132 Å². The Balaban J connectivity index is 2.67. The van der Waals surface area contributed by atoms with Gasteiger partial charge in [0, 0.05) is 6.54 Å². The SMILES string of the molecule is CC(C)CCNC(=O)NS(=O)(=O)c1ccc(OC(F)(F)F)cc1. The number of urea groups is 1. The molecule has 0 heterocycles. The lowest BCUT2D eigenvalue weighted by Crippen LogP contribution is -2.40. The third-order valence-corrected chi connectivity index (χ3v) is 3.95. The van der Waals surface area contributed by atoms with Crippen molar-refractivity contribution in [3.8, 4) is 5.75 Å². The van der Waals surface area contributed by atoms with Crippen molar-refractivity contribution in [2.45, 2.75) is 31.5 Å². The Hall–Kier alpha value is -1.97. The number of sulfonamides is 1. The second-order valence-corrected chi connectivity index (χ2v) is 6.75. The number of alkyl halides is 3. The van der Waals surface area contributed by atoms with Gasteiger partial charge in [-0.3, -0.25) is 0 Å². The Bertz CT molecular complexity index is 628. The first-order valence-corrected chi connectivity index (χ1v) is 8.14. The van der Waals surface area contributed by atoms with Crippen molar-refractivity contribution in [1.82, 2.24) is 10.0 Å². The van der Waals surface area contributed by atoms with Crippen LogP contribution in [0.25, 0.3) is 0 Å². The van der Waals surface area contributed by atoms with Gasteiger partial charge in [0.05, 0.1) is 4.90 Å². The van der Waals surface area contributed by atoms with E-state index in [1.54, 1.807) is 4.72 Å². The fourth-order valence-corrected chi connectivity index (χ4v) is 2.44. The summed E-state index contributed by atoms with van der Waals surface area (Å²) in [6.07, 6.45) is -4.19. The van der Waals surface area contributed by atoms with Gasteiger partial charge in [-0.1, -0.05) is 13.8 Å². The highest BCUT2D eigenvalue weighted by Gasteiger charge is 2.31. The van der Waals surface area contributed by atoms with E-state index in [1.165, 1.54) is 0 Å². The number of benzene rings is 1. The molecule has 0 aromatic heterocycles. The maximum atomic E-state index is 12.0. The molecule has 1 aromatic rings. The lowest BCUT2D eigenvalue weighted by molar-refractivity contribution is -0.274. The molecule has 0 aliphatic rings. The molecule has 1 aromatic carbocycles. The van der Waals surface area contributed by atoms with E-state index in [9.17, 15) is 26.4 Å². The fraction of sp³-hybridized carbons (Fsp3) is 0.462. The molecule has 2 amide bonds. The summed E-state index contributed by atoms with van der Waals surface area (Å²) in [5.41, 5.74) is 0. The first-order valence-electron chi connectivity index (χ1n) is 6.66. The van der Waals surface area contributed by atoms with Gasteiger partial charge in [-0.15, -0.1) is 13.2 Å². The summed E-state index contributed by atoms with van der Waals surface area (Å²) in [6, 6.07) is 2.61. The molecule has 2 N–H and O–H groups in total. The van der Waals surface area contributed by atoms with Crippen LogP contribution in [-0.4, -0.2) is 27.4 Å². The molecular weight excluding hydrogens is 337 g/mol. The van der Waals surface area contributed by atoms with Gasteiger partial charge in [0.1, 0.15) is 5.75 Å². The lowest BCUT2D eigenvalue weighted by Gasteiger charge is -2.11. The maximum absolute atomic E-state index is 12.0. The summed E-state index contributed by atoms with van der Waals surface area (Å²) < 4.78 is 65.3. The van der Waals surface area contributed by atoms with Gasteiger partial charge >= 0.3 is 12.4 Å². The number of halogens is 3. The van der Waals surface area contributed by atoms with Crippen LogP contribution in [0.1, 0.15) is 20.3 Å². The zero-order valence-electron chi connectivity index (χ0n) is 12.5. The van der Waals surface area contributed by atoms with E-state index in [4.69, 9.17) is 0 Å². The van der Waals surface area contributed by atoms with E-state index in [2.05, 4.69) is 10.1 Å². The number of hydrogen-bond donors (Lipinski definition) is 2. The molecule has 0 unspecified atom stereocenters. The predicted molar refractivity (Wildman–Crippen MR) is 76.3 cm³/mol. The average molecular weight is 354 g/mol. The Morgan fingerprint density at radius 3 is 2.26 bits per heavy atom. The van der Waals surface area contributed by atoms with Crippen LogP contribution in [0.4, 0.5) is 18.0 Å². The van der Waals surface area contributed by atoms with Crippen molar-refractivity contribution in [1.29, 1.82) is 0 Å². The monoisotopic (exact) mass is 354 g/mol. The number of amides is 2. The molecule has 23 heavy (non-hydrogen) atoms. The molecule has 0 spiro atoms. The molecule has 0 atom stereocenters. The minimum Gasteiger partial charge on any atom is -0.406 e. The van der Waals surface area contributed by atoms with Gasteiger partial charge in [0.15, 0.2) is 0 Å². The predicted octanol–water partition coefficient (Wildman–Crippen LogP) is 2.62. The molecule has 0 bridgehead atoms. The molecule has 0 aliphatic carbocycles. The smallest absolute Gasteiger partial charge is 0.406 e. The van der Waals surface area contributed by atoms with E-state index in [0.717, 1.165) is 24.3 Å². The molecule has 10 heteroatoms. The van der Waals surface area contributed by atoms with Crippen molar-refractivity contribution in [3.05, 3.63) is 24.3 Å². The van der Waals surface area contributed by atoms with E-state index in [-0.39, 0.29) is 4.90 Å². The third kappa shape index (κ3) is 7.22. The van der Waals surface area contributed by atoms with Gasteiger partial charge in [-0.05, 0) is 36.6 Å². The van der Waals surface area contributed by atoms with Crippen LogP contribution in [0.15, 0.2) is 29.2 Å². The Morgan fingerprint density at radius 2 is 1.78 bits per heavy atom. The molecule has 0 fully saturated rings. The summed E-state index contributed by atoms with van der Waals surface area (Å²) in [7, 11) is -4.17. The molecule has 130 valence electrons. The average Bonchev–Trinajstić information content (AvgIpc) is 2.36. The van der Waals surface area contributed by atoms with Crippen LogP contribution >= 0.6 is 0 Å². The molecular formula is C13H17F3N2O4S. The summed E-state index contributed by atoms with van der Waals surface area (Å²) in [5, 5.41) is 2.38. The van der Waals surface area contributed by atoms with Crippen molar-refractivity contribution in [3.63, 3.8) is 0 Å². The van der Waals surface area contributed by atoms with Crippen LogP contribution in [0, 0.1) is 5.92 Å². The largest absolute Gasteiger partial charge is 0.573 e. The highest BCUT2D eigenvalue weighted by molar-refractivity contribution is 7.90. The van der Waals surface area contributed by atoms with Crippen LogP contribution < -0.4 is 14.8 Å². The highest BCUT2D eigenvalue weighted by Crippen LogP contribution is 2.23. The van der Waals surface area contributed by atoms with E-state index in [1.807, 2.05) is 13.8 Å². The molecule has 0 radical (unpaired) electrons. The zero-order chi connectivity index (χ0) is 17.7. The third-order valence-electron chi connectivity index (χ3n) is 2.60. The highest BCUT2D eigenvalue weighted by atomic mass is 32.2.